The topological polar surface area (TPSA) is 35.5 Å². The number of hydrogen-bond acceptors (Lipinski definition) is 3. The van der Waals surface area contributed by atoms with Crippen LogP contribution in [0.15, 0.2) is 72.1 Å². The van der Waals surface area contributed by atoms with Crippen LogP contribution < -0.4 is 0 Å². The smallest absolute Gasteiger partial charge is 0.416 e. The van der Waals surface area contributed by atoms with Crippen molar-refractivity contribution >= 4 is 5.78 Å². The predicted molar refractivity (Wildman–Crippen MR) is 94.2 cm³/mol. The fraction of sp³-hybridized carbons (Fsp3) is 0.286. The summed E-state index contributed by atoms with van der Waals surface area (Å²) in [5.41, 5.74) is 1.15. The predicted octanol–water partition coefficient (Wildman–Crippen LogP) is 5.60. The molecule has 0 aromatic heterocycles. The molecule has 0 amide bonds. The third-order valence-electron chi connectivity index (χ3n) is 4.31. The highest BCUT2D eigenvalue weighted by atomic mass is 19.4. The number of Topliss-reactive ketones (excluding diaryl/α,β-unsaturated/α-hetero) is 1. The number of ether oxygens (including phenoxy) is 2. The minimum absolute atomic E-state index is 0.117. The number of carbonyl (C=O) groups excluding carboxylic acids is 1. The molecule has 1 aromatic carbocycles. The number of halogens is 3. The molecule has 0 radical (unpaired) electrons. The third kappa shape index (κ3) is 5.36. The van der Waals surface area contributed by atoms with Crippen molar-refractivity contribution in [1.29, 1.82) is 0 Å². The van der Waals surface area contributed by atoms with Gasteiger partial charge in [-0.05, 0) is 37.0 Å². The Labute approximate surface area is 155 Å². The number of allylic oxidation sites excluding steroid dienone is 5. The third-order valence-corrected chi connectivity index (χ3v) is 4.31. The molecule has 0 spiro atoms. The number of benzene rings is 1. The molecule has 142 valence electrons. The monoisotopic (exact) mass is 376 g/mol. The molecule has 0 unspecified atom stereocenters. The van der Waals surface area contributed by atoms with Crippen molar-refractivity contribution in [3.05, 3.63) is 83.2 Å². The maximum absolute atomic E-state index is 12.6. The minimum atomic E-state index is -4.36. The van der Waals surface area contributed by atoms with Crippen LogP contribution in [0.2, 0.25) is 0 Å². The molecule has 2 aliphatic rings. The molecule has 0 bridgehead atoms. The quantitative estimate of drug-likeness (QED) is 0.648. The second-order valence-corrected chi connectivity index (χ2v) is 6.39. The van der Waals surface area contributed by atoms with E-state index in [1.165, 1.54) is 30.2 Å². The average Bonchev–Trinajstić information content (AvgIpc) is 2.67. The van der Waals surface area contributed by atoms with Crippen LogP contribution in [0.5, 0.6) is 0 Å². The summed E-state index contributed by atoms with van der Waals surface area (Å²) in [4.78, 5) is 12.3. The van der Waals surface area contributed by atoms with E-state index in [4.69, 9.17) is 9.47 Å². The average molecular weight is 376 g/mol. The van der Waals surface area contributed by atoms with E-state index >= 15 is 0 Å². The molecule has 6 heteroatoms. The molecular weight excluding hydrogens is 357 g/mol. The van der Waals surface area contributed by atoms with Crippen LogP contribution >= 0.6 is 0 Å². The molecule has 1 heterocycles. The lowest BCUT2D eigenvalue weighted by Gasteiger charge is -2.17. The van der Waals surface area contributed by atoms with Gasteiger partial charge in [0.1, 0.15) is 18.3 Å². The lowest BCUT2D eigenvalue weighted by molar-refractivity contribution is -0.137. The number of rotatable bonds is 6. The summed E-state index contributed by atoms with van der Waals surface area (Å²) < 4.78 is 48.6. The van der Waals surface area contributed by atoms with Crippen molar-refractivity contribution in [3.8, 4) is 0 Å². The Morgan fingerprint density at radius 1 is 1.11 bits per heavy atom. The van der Waals surface area contributed by atoms with Gasteiger partial charge in [0.05, 0.1) is 5.56 Å². The SMILES string of the molecule is O=C(CCc1ccc(C(F)(F)F)cc1)C1=COC=C(CC2=CC=CCC2)O1. The standard InChI is InChI=1S/C21H19F3O3/c22-21(23,24)17-9-6-15(7-10-17)8-11-19(25)20-14-26-13-18(27-20)12-16-4-2-1-3-5-16/h1-2,4,6-7,9-10,13-14H,3,5,8,11-12H2. The molecule has 1 aliphatic heterocycles. The highest BCUT2D eigenvalue weighted by Crippen LogP contribution is 2.29. The van der Waals surface area contributed by atoms with Gasteiger partial charge in [0.15, 0.2) is 0 Å². The summed E-state index contributed by atoms with van der Waals surface area (Å²) in [6, 6.07) is 4.81. The fourth-order valence-electron chi connectivity index (χ4n) is 2.83. The van der Waals surface area contributed by atoms with E-state index in [1.54, 1.807) is 0 Å². The summed E-state index contributed by atoms with van der Waals surface area (Å²) in [5.74, 6) is 0.432. The summed E-state index contributed by atoms with van der Waals surface area (Å²) in [6.07, 6.45) is 7.43. The second-order valence-electron chi connectivity index (χ2n) is 6.39. The van der Waals surface area contributed by atoms with Crippen molar-refractivity contribution in [3.63, 3.8) is 0 Å². The van der Waals surface area contributed by atoms with Crippen molar-refractivity contribution in [1.82, 2.24) is 0 Å². The maximum Gasteiger partial charge on any atom is 0.416 e. The molecule has 0 saturated heterocycles. The number of carbonyl (C=O) groups is 1. The van der Waals surface area contributed by atoms with E-state index in [-0.39, 0.29) is 18.0 Å². The van der Waals surface area contributed by atoms with Crippen molar-refractivity contribution in [2.24, 2.45) is 0 Å². The Hall–Kier alpha value is -2.76. The molecule has 3 nitrogen and oxygen atoms in total. The van der Waals surface area contributed by atoms with Crippen LogP contribution in [-0.4, -0.2) is 5.78 Å². The van der Waals surface area contributed by atoms with Gasteiger partial charge in [-0.3, -0.25) is 4.79 Å². The molecular formula is C21H19F3O3. The second kappa shape index (κ2) is 8.29. The first-order valence-electron chi connectivity index (χ1n) is 8.68. The van der Waals surface area contributed by atoms with Crippen LogP contribution in [-0.2, 0) is 26.9 Å². The minimum Gasteiger partial charge on any atom is -0.465 e. The summed E-state index contributed by atoms with van der Waals surface area (Å²) >= 11 is 0. The number of ketones is 1. The molecule has 0 N–H and O–H groups in total. The molecule has 0 fully saturated rings. The first-order chi connectivity index (χ1) is 12.9. The van der Waals surface area contributed by atoms with E-state index in [0.29, 0.717) is 24.2 Å². The Balaban J connectivity index is 1.51. The van der Waals surface area contributed by atoms with Gasteiger partial charge in [0, 0.05) is 12.8 Å². The lowest BCUT2D eigenvalue weighted by atomic mass is 10.0. The van der Waals surface area contributed by atoms with Gasteiger partial charge in [-0.2, -0.15) is 13.2 Å². The van der Waals surface area contributed by atoms with Crippen LogP contribution in [0.25, 0.3) is 0 Å². The molecule has 1 aromatic rings. The van der Waals surface area contributed by atoms with E-state index in [9.17, 15) is 18.0 Å². The van der Waals surface area contributed by atoms with E-state index in [2.05, 4.69) is 6.08 Å². The van der Waals surface area contributed by atoms with Gasteiger partial charge in [0.2, 0.25) is 11.5 Å². The Morgan fingerprint density at radius 2 is 1.89 bits per heavy atom. The van der Waals surface area contributed by atoms with Gasteiger partial charge < -0.3 is 9.47 Å². The number of alkyl halides is 3. The van der Waals surface area contributed by atoms with E-state index in [1.807, 2.05) is 12.2 Å². The van der Waals surface area contributed by atoms with E-state index in [0.717, 1.165) is 25.0 Å². The summed E-state index contributed by atoms with van der Waals surface area (Å²) in [5, 5.41) is 0. The highest BCUT2D eigenvalue weighted by molar-refractivity contribution is 5.93. The van der Waals surface area contributed by atoms with E-state index < -0.39 is 11.7 Å². The summed E-state index contributed by atoms with van der Waals surface area (Å²) in [6.45, 7) is 0. The van der Waals surface area contributed by atoms with Crippen LogP contribution in [0.3, 0.4) is 0 Å². The fourth-order valence-corrected chi connectivity index (χ4v) is 2.83. The molecule has 27 heavy (non-hydrogen) atoms. The summed E-state index contributed by atoms with van der Waals surface area (Å²) in [7, 11) is 0. The van der Waals surface area contributed by atoms with Gasteiger partial charge >= 0.3 is 6.18 Å². The largest absolute Gasteiger partial charge is 0.465 e. The Kier molecular flexibility index (Phi) is 5.84. The molecule has 1 aliphatic carbocycles. The molecule has 0 saturated carbocycles. The Bertz CT molecular complexity index is 812. The number of hydrogen-bond donors (Lipinski definition) is 0. The maximum atomic E-state index is 12.6. The van der Waals surface area contributed by atoms with Crippen LogP contribution in [0.1, 0.15) is 36.8 Å². The molecule has 0 atom stereocenters. The van der Waals surface area contributed by atoms with Crippen LogP contribution in [0.4, 0.5) is 13.2 Å². The first kappa shape index (κ1) is 19.0. The van der Waals surface area contributed by atoms with Crippen LogP contribution in [0, 0.1) is 0 Å². The lowest BCUT2D eigenvalue weighted by Crippen LogP contribution is -2.11. The molecule has 3 rings (SSSR count). The van der Waals surface area contributed by atoms with Gasteiger partial charge in [0.25, 0.3) is 0 Å². The van der Waals surface area contributed by atoms with Crippen molar-refractivity contribution in [2.75, 3.05) is 0 Å². The Morgan fingerprint density at radius 3 is 2.56 bits per heavy atom. The normalized spacial score (nSPS) is 16.6. The highest BCUT2D eigenvalue weighted by Gasteiger charge is 2.30. The van der Waals surface area contributed by atoms with Crippen molar-refractivity contribution < 1.29 is 27.4 Å². The zero-order valence-corrected chi connectivity index (χ0v) is 14.6. The zero-order valence-electron chi connectivity index (χ0n) is 14.6. The van der Waals surface area contributed by atoms with Gasteiger partial charge in [-0.25, -0.2) is 0 Å². The zero-order chi connectivity index (χ0) is 19.3. The van der Waals surface area contributed by atoms with Crippen molar-refractivity contribution in [2.45, 2.75) is 38.3 Å². The number of aryl methyl sites for hydroxylation is 1. The van der Waals surface area contributed by atoms with Gasteiger partial charge in [-0.1, -0.05) is 35.9 Å². The van der Waals surface area contributed by atoms with Gasteiger partial charge in [-0.15, -0.1) is 0 Å². The first-order valence-corrected chi connectivity index (χ1v) is 8.68.